The third-order valence-corrected chi connectivity index (χ3v) is 3.84. The Kier molecular flexibility index (Phi) is 4.64. The van der Waals surface area contributed by atoms with E-state index in [1.165, 1.54) is 0 Å². The van der Waals surface area contributed by atoms with Crippen molar-refractivity contribution < 1.29 is 9.59 Å². The summed E-state index contributed by atoms with van der Waals surface area (Å²) >= 11 is 0. The van der Waals surface area contributed by atoms with Crippen molar-refractivity contribution in [2.45, 2.75) is 44.8 Å². The van der Waals surface area contributed by atoms with Gasteiger partial charge in [-0.3, -0.25) is 9.59 Å². The molecule has 1 saturated heterocycles. The van der Waals surface area contributed by atoms with Crippen LogP contribution in [-0.2, 0) is 16.0 Å². The first-order valence-electron chi connectivity index (χ1n) is 7.14. The molecule has 1 aromatic carbocycles. The average Bonchev–Trinajstić information content (AvgIpc) is 2.46. The Hall–Kier alpha value is -2.28. The van der Waals surface area contributed by atoms with E-state index in [9.17, 15) is 9.59 Å². The first kappa shape index (κ1) is 15.1. The number of nitrogens with zero attached hydrogens (tertiary/aromatic N) is 1. The molecule has 2 rings (SSSR count). The molecule has 0 radical (unpaired) electrons. The summed E-state index contributed by atoms with van der Waals surface area (Å²) in [6.07, 6.45) is 6.27. The molecule has 0 aromatic heterocycles. The number of terminal acetylenes is 1. The molecular formula is C17H20N2O2. The number of benzene rings is 1. The standard InChI is InChI=1S/C17H20N2O2/c1-4-8-12(2)19-13(3)16(20)18-15(17(19)21)11-14-9-6-5-7-10-14/h1,5-7,9-10,12-13,15H,8,11H2,2-3H3,(H,18,20). The maximum absolute atomic E-state index is 12.6. The lowest BCUT2D eigenvalue weighted by Crippen LogP contribution is -2.64. The van der Waals surface area contributed by atoms with Gasteiger partial charge in [0, 0.05) is 18.9 Å². The molecule has 1 heterocycles. The second-order valence-corrected chi connectivity index (χ2v) is 5.43. The third-order valence-electron chi connectivity index (χ3n) is 3.84. The molecule has 21 heavy (non-hydrogen) atoms. The highest BCUT2D eigenvalue weighted by Crippen LogP contribution is 2.18. The Balaban J connectivity index is 2.18. The molecule has 2 amide bonds. The summed E-state index contributed by atoms with van der Waals surface area (Å²) in [6, 6.07) is 8.54. The summed E-state index contributed by atoms with van der Waals surface area (Å²) in [5, 5.41) is 2.81. The molecular weight excluding hydrogens is 264 g/mol. The molecule has 0 saturated carbocycles. The Morgan fingerprint density at radius 1 is 1.33 bits per heavy atom. The minimum atomic E-state index is -0.517. The first-order chi connectivity index (χ1) is 10.0. The smallest absolute Gasteiger partial charge is 0.246 e. The second kappa shape index (κ2) is 6.45. The number of nitrogens with one attached hydrogen (secondary N) is 1. The number of carbonyl (C=O) groups excluding carboxylic acids is 2. The second-order valence-electron chi connectivity index (χ2n) is 5.43. The van der Waals surface area contributed by atoms with E-state index in [0.29, 0.717) is 12.8 Å². The zero-order valence-corrected chi connectivity index (χ0v) is 12.4. The third kappa shape index (κ3) is 3.25. The maximum atomic E-state index is 12.6. The Morgan fingerprint density at radius 3 is 2.62 bits per heavy atom. The highest BCUT2D eigenvalue weighted by atomic mass is 16.2. The monoisotopic (exact) mass is 284 g/mol. The molecule has 1 aliphatic heterocycles. The number of carbonyl (C=O) groups is 2. The largest absolute Gasteiger partial charge is 0.342 e. The molecule has 110 valence electrons. The van der Waals surface area contributed by atoms with Gasteiger partial charge >= 0.3 is 0 Å². The molecule has 4 nitrogen and oxygen atoms in total. The predicted molar refractivity (Wildman–Crippen MR) is 81.3 cm³/mol. The fraction of sp³-hybridized carbons (Fsp3) is 0.412. The molecule has 0 aliphatic carbocycles. The van der Waals surface area contributed by atoms with Crippen LogP contribution < -0.4 is 5.32 Å². The van der Waals surface area contributed by atoms with Gasteiger partial charge in [0.25, 0.3) is 0 Å². The summed E-state index contributed by atoms with van der Waals surface area (Å²) in [4.78, 5) is 26.4. The van der Waals surface area contributed by atoms with Crippen LogP contribution in [0.25, 0.3) is 0 Å². The Bertz CT molecular complexity index is 562. The number of amides is 2. The van der Waals surface area contributed by atoms with E-state index in [1.807, 2.05) is 37.3 Å². The lowest BCUT2D eigenvalue weighted by Gasteiger charge is -2.40. The van der Waals surface area contributed by atoms with Crippen LogP contribution in [-0.4, -0.2) is 34.8 Å². The summed E-state index contributed by atoms with van der Waals surface area (Å²) in [5.74, 6) is 2.37. The van der Waals surface area contributed by atoms with E-state index in [4.69, 9.17) is 6.42 Å². The van der Waals surface area contributed by atoms with Gasteiger partial charge in [-0.1, -0.05) is 30.3 Å². The van der Waals surface area contributed by atoms with Crippen molar-refractivity contribution in [2.24, 2.45) is 0 Å². The van der Waals surface area contributed by atoms with Crippen molar-refractivity contribution in [1.29, 1.82) is 0 Å². The number of hydrogen-bond donors (Lipinski definition) is 1. The van der Waals surface area contributed by atoms with Crippen molar-refractivity contribution in [3.63, 3.8) is 0 Å². The van der Waals surface area contributed by atoms with Gasteiger partial charge < -0.3 is 10.2 Å². The number of rotatable bonds is 4. The van der Waals surface area contributed by atoms with Gasteiger partial charge in [-0.05, 0) is 19.4 Å². The minimum Gasteiger partial charge on any atom is -0.342 e. The van der Waals surface area contributed by atoms with Crippen LogP contribution in [0.1, 0.15) is 25.8 Å². The summed E-state index contributed by atoms with van der Waals surface area (Å²) in [5.41, 5.74) is 1.02. The molecule has 3 unspecified atom stereocenters. The van der Waals surface area contributed by atoms with Gasteiger partial charge in [-0.15, -0.1) is 12.3 Å². The van der Waals surface area contributed by atoms with E-state index in [0.717, 1.165) is 5.56 Å². The van der Waals surface area contributed by atoms with Crippen molar-refractivity contribution in [3.8, 4) is 12.3 Å². The van der Waals surface area contributed by atoms with Crippen molar-refractivity contribution in [2.75, 3.05) is 0 Å². The normalized spacial score (nSPS) is 23.4. The quantitative estimate of drug-likeness (QED) is 0.849. The number of hydrogen-bond acceptors (Lipinski definition) is 2. The topological polar surface area (TPSA) is 49.4 Å². The van der Waals surface area contributed by atoms with Crippen LogP contribution in [0.15, 0.2) is 30.3 Å². The van der Waals surface area contributed by atoms with Gasteiger partial charge in [-0.2, -0.15) is 0 Å². The summed E-state index contributed by atoms with van der Waals surface area (Å²) in [6.45, 7) is 3.62. The molecule has 1 aliphatic rings. The zero-order chi connectivity index (χ0) is 15.4. The van der Waals surface area contributed by atoms with E-state index < -0.39 is 12.1 Å². The zero-order valence-electron chi connectivity index (χ0n) is 12.4. The van der Waals surface area contributed by atoms with Gasteiger partial charge in [0.1, 0.15) is 12.1 Å². The first-order valence-corrected chi connectivity index (χ1v) is 7.14. The van der Waals surface area contributed by atoms with Crippen molar-refractivity contribution in [3.05, 3.63) is 35.9 Å². The molecule has 3 atom stereocenters. The van der Waals surface area contributed by atoms with Crippen LogP contribution in [0.3, 0.4) is 0 Å². The average molecular weight is 284 g/mol. The predicted octanol–water partition coefficient (Wildman–Crippen LogP) is 1.36. The SMILES string of the molecule is C#CCC(C)N1C(=O)C(Cc2ccccc2)NC(=O)C1C. The maximum Gasteiger partial charge on any atom is 0.246 e. The molecule has 1 aromatic rings. The molecule has 1 fully saturated rings. The van der Waals surface area contributed by atoms with E-state index in [2.05, 4.69) is 11.2 Å². The summed E-state index contributed by atoms with van der Waals surface area (Å²) < 4.78 is 0. The Morgan fingerprint density at radius 2 is 2.00 bits per heavy atom. The lowest BCUT2D eigenvalue weighted by atomic mass is 9.99. The van der Waals surface area contributed by atoms with Crippen LogP contribution in [0.5, 0.6) is 0 Å². The van der Waals surface area contributed by atoms with Gasteiger partial charge in [-0.25, -0.2) is 0 Å². The van der Waals surface area contributed by atoms with E-state index in [1.54, 1.807) is 11.8 Å². The molecule has 1 N–H and O–H groups in total. The van der Waals surface area contributed by atoms with Crippen molar-refractivity contribution in [1.82, 2.24) is 10.2 Å². The molecule has 0 spiro atoms. The van der Waals surface area contributed by atoms with E-state index in [-0.39, 0.29) is 17.9 Å². The van der Waals surface area contributed by atoms with Crippen LogP contribution in [0.2, 0.25) is 0 Å². The minimum absolute atomic E-state index is 0.0614. The highest BCUT2D eigenvalue weighted by Gasteiger charge is 2.39. The lowest BCUT2D eigenvalue weighted by molar-refractivity contribution is -0.150. The van der Waals surface area contributed by atoms with Gasteiger partial charge in [0.15, 0.2) is 0 Å². The molecule has 0 bridgehead atoms. The number of piperazine rings is 1. The van der Waals surface area contributed by atoms with Gasteiger partial charge in [0.05, 0.1) is 0 Å². The fourth-order valence-corrected chi connectivity index (χ4v) is 2.71. The highest BCUT2D eigenvalue weighted by molar-refractivity contribution is 5.97. The van der Waals surface area contributed by atoms with Crippen molar-refractivity contribution >= 4 is 11.8 Å². The fourth-order valence-electron chi connectivity index (χ4n) is 2.71. The molecule has 4 heteroatoms. The van der Waals surface area contributed by atoms with Crippen LogP contribution in [0.4, 0.5) is 0 Å². The van der Waals surface area contributed by atoms with Crippen LogP contribution in [0, 0.1) is 12.3 Å². The van der Waals surface area contributed by atoms with E-state index >= 15 is 0 Å². The summed E-state index contributed by atoms with van der Waals surface area (Å²) in [7, 11) is 0. The Labute approximate surface area is 125 Å². The van der Waals surface area contributed by atoms with Crippen LogP contribution >= 0.6 is 0 Å². The van der Waals surface area contributed by atoms with Gasteiger partial charge in [0.2, 0.25) is 11.8 Å².